The molecule has 7 heteroatoms. The number of hydrogen-bond donors (Lipinski definition) is 2. The van der Waals surface area contributed by atoms with Gasteiger partial charge in [0.1, 0.15) is 17.7 Å². The van der Waals surface area contributed by atoms with E-state index in [0.717, 1.165) is 40.8 Å². The standard InChI is InChI=1S/C30H41N3O4/c1-18(2)24(32-29(36)37-30(6,7)8)28(35)33(23-15-16-23)26(22-14-9-11-19(3)17-22)27(34)31-25-20(4)12-10-13-21(25)5/h9-14,17-18,23-24,26H,15-16H2,1-8H3,(H,31,34)(H,32,36). The highest BCUT2D eigenvalue weighted by Gasteiger charge is 2.44. The largest absolute Gasteiger partial charge is 0.444 e. The van der Waals surface area contributed by atoms with Crippen LogP contribution in [0.3, 0.4) is 0 Å². The zero-order chi connectivity index (χ0) is 27.5. The van der Waals surface area contributed by atoms with Gasteiger partial charge in [0.05, 0.1) is 0 Å². The summed E-state index contributed by atoms with van der Waals surface area (Å²) in [6.07, 6.45) is 0.964. The maximum absolute atomic E-state index is 14.1. The summed E-state index contributed by atoms with van der Waals surface area (Å²) in [7, 11) is 0. The fourth-order valence-corrected chi connectivity index (χ4v) is 4.46. The number of ether oxygens (including phenoxy) is 1. The van der Waals surface area contributed by atoms with Gasteiger partial charge in [0.15, 0.2) is 0 Å². The lowest BCUT2D eigenvalue weighted by Gasteiger charge is -2.36. The normalized spacial score (nSPS) is 15.1. The van der Waals surface area contributed by atoms with Gasteiger partial charge in [-0.05, 0) is 77.0 Å². The molecule has 0 saturated heterocycles. The maximum Gasteiger partial charge on any atom is 0.408 e. The van der Waals surface area contributed by atoms with Crippen LogP contribution in [0.2, 0.25) is 0 Å². The number of para-hydroxylation sites is 1. The van der Waals surface area contributed by atoms with Crippen molar-refractivity contribution in [2.45, 2.75) is 92.0 Å². The van der Waals surface area contributed by atoms with Gasteiger partial charge in [-0.2, -0.15) is 0 Å². The molecule has 200 valence electrons. The summed E-state index contributed by atoms with van der Waals surface area (Å²) in [4.78, 5) is 42.4. The maximum atomic E-state index is 14.1. The van der Waals surface area contributed by atoms with Gasteiger partial charge in [-0.1, -0.05) is 61.9 Å². The zero-order valence-electron chi connectivity index (χ0n) is 23.3. The summed E-state index contributed by atoms with van der Waals surface area (Å²) in [5.41, 5.74) is 3.70. The Bertz CT molecular complexity index is 1130. The van der Waals surface area contributed by atoms with Crippen LogP contribution < -0.4 is 10.6 Å². The van der Waals surface area contributed by atoms with Crippen molar-refractivity contribution in [2.24, 2.45) is 5.92 Å². The van der Waals surface area contributed by atoms with E-state index in [-0.39, 0.29) is 23.8 Å². The van der Waals surface area contributed by atoms with Crippen molar-refractivity contribution in [3.05, 3.63) is 64.7 Å². The van der Waals surface area contributed by atoms with E-state index >= 15 is 0 Å². The number of hydrogen-bond acceptors (Lipinski definition) is 4. The minimum absolute atomic E-state index is 0.0802. The van der Waals surface area contributed by atoms with Crippen LogP contribution in [0.25, 0.3) is 0 Å². The number of anilines is 1. The minimum Gasteiger partial charge on any atom is -0.444 e. The third kappa shape index (κ3) is 7.34. The first-order chi connectivity index (χ1) is 17.3. The Morgan fingerprint density at radius 1 is 0.973 bits per heavy atom. The molecule has 0 aliphatic heterocycles. The summed E-state index contributed by atoms with van der Waals surface area (Å²) in [6, 6.07) is 11.8. The Morgan fingerprint density at radius 2 is 1.57 bits per heavy atom. The Kier molecular flexibility index (Phi) is 8.67. The summed E-state index contributed by atoms with van der Waals surface area (Å²) in [5, 5.41) is 5.89. The molecular weight excluding hydrogens is 466 g/mol. The monoisotopic (exact) mass is 507 g/mol. The van der Waals surface area contributed by atoms with Crippen molar-refractivity contribution in [2.75, 3.05) is 5.32 Å². The number of amides is 3. The molecule has 37 heavy (non-hydrogen) atoms. The molecule has 2 unspecified atom stereocenters. The fraction of sp³-hybridized carbons (Fsp3) is 0.500. The molecule has 0 spiro atoms. The summed E-state index contributed by atoms with van der Waals surface area (Å²) in [6.45, 7) is 15.0. The number of nitrogens with zero attached hydrogens (tertiary/aromatic N) is 1. The average molecular weight is 508 g/mol. The topological polar surface area (TPSA) is 87.7 Å². The lowest BCUT2D eigenvalue weighted by Crippen LogP contribution is -2.55. The van der Waals surface area contributed by atoms with E-state index < -0.39 is 23.8 Å². The van der Waals surface area contributed by atoms with Gasteiger partial charge >= 0.3 is 6.09 Å². The Morgan fingerprint density at radius 3 is 2.08 bits per heavy atom. The van der Waals surface area contributed by atoms with Gasteiger partial charge in [0.2, 0.25) is 5.91 Å². The molecule has 2 aromatic rings. The Balaban J connectivity index is 2.01. The second-order valence-electron chi connectivity index (χ2n) is 11.4. The van der Waals surface area contributed by atoms with Crippen molar-refractivity contribution in [1.82, 2.24) is 10.2 Å². The van der Waals surface area contributed by atoms with Crippen molar-refractivity contribution < 1.29 is 19.1 Å². The highest BCUT2D eigenvalue weighted by molar-refractivity contribution is 6.00. The first kappa shape index (κ1) is 28.2. The molecule has 1 fully saturated rings. The molecule has 0 radical (unpaired) electrons. The van der Waals surface area contributed by atoms with E-state index in [1.165, 1.54) is 0 Å². The van der Waals surface area contributed by atoms with Crippen molar-refractivity contribution >= 4 is 23.6 Å². The molecule has 0 aromatic heterocycles. The first-order valence-electron chi connectivity index (χ1n) is 13.0. The van der Waals surface area contributed by atoms with Crippen LogP contribution in [0.1, 0.15) is 75.8 Å². The predicted molar refractivity (Wildman–Crippen MR) is 146 cm³/mol. The number of nitrogens with one attached hydrogen (secondary N) is 2. The third-order valence-corrected chi connectivity index (χ3v) is 6.41. The lowest BCUT2D eigenvalue weighted by molar-refractivity contribution is -0.142. The van der Waals surface area contributed by atoms with Crippen molar-refractivity contribution in [3.8, 4) is 0 Å². The summed E-state index contributed by atoms with van der Waals surface area (Å²) >= 11 is 0. The molecule has 1 saturated carbocycles. The smallest absolute Gasteiger partial charge is 0.408 e. The Labute approximate surface area is 221 Å². The van der Waals surface area contributed by atoms with E-state index in [1.54, 1.807) is 25.7 Å². The molecule has 3 rings (SSSR count). The molecule has 0 heterocycles. The number of benzene rings is 2. The second kappa shape index (κ2) is 11.4. The highest BCUT2D eigenvalue weighted by Crippen LogP contribution is 2.37. The minimum atomic E-state index is -0.847. The predicted octanol–water partition coefficient (Wildman–Crippen LogP) is 5.83. The SMILES string of the molecule is Cc1cccc(C(C(=O)Nc2c(C)cccc2C)N(C(=O)C(NC(=O)OC(C)(C)C)C(C)C)C2CC2)c1. The molecule has 1 aliphatic carbocycles. The second-order valence-corrected chi connectivity index (χ2v) is 11.4. The van der Waals surface area contributed by atoms with E-state index in [1.807, 2.05) is 77.1 Å². The van der Waals surface area contributed by atoms with Gasteiger partial charge in [-0.25, -0.2) is 4.79 Å². The summed E-state index contributed by atoms with van der Waals surface area (Å²) in [5.74, 6) is -0.768. The first-order valence-corrected chi connectivity index (χ1v) is 13.0. The van der Waals surface area contributed by atoms with Crippen LogP contribution in [0.4, 0.5) is 10.5 Å². The summed E-state index contributed by atoms with van der Waals surface area (Å²) < 4.78 is 5.44. The van der Waals surface area contributed by atoms with Crippen molar-refractivity contribution in [1.29, 1.82) is 0 Å². The van der Waals surface area contributed by atoms with Gasteiger partial charge in [0, 0.05) is 11.7 Å². The third-order valence-electron chi connectivity index (χ3n) is 6.41. The molecule has 0 bridgehead atoms. The van der Waals surface area contributed by atoms with Crippen LogP contribution >= 0.6 is 0 Å². The van der Waals surface area contributed by atoms with E-state index in [9.17, 15) is 14.4 Å². The fourth-order valence-electron chi connectivity index (χ4n) is 4.46. The molecule has 3 amide bonds. The number of carbonyl (C=O) groups excluding carboxylic acids is 3. The average Bonchev–Trinajstić information content (AvgIpc) is 3.61. The van der Waals surface area contributed by atoms with Gasteiger partial charge in [-0.3, -0.25) is 9.59 Å². The number of carbonyl (C=O) groups is 3. The highest BCUT2D eigenvalue weighted by atomic mass is 16.6. The molecule has 2 atom stereocenters. The zero-order valence-corrected chi connectivity index (χ0v) is 23.3. The van der Waals surface area contributed by atoms with Gasteiger partial charge < -0.3 is 20.3 Å². The molecule has 7 nitrogen and oxygen atoms in total. The Hall–Kier alpha value is -3.35. The van der Waals surface area contributed by atoms with Crippen molar-refractivity contribution in [3.63, 3.8) is 0 Å². The van der Waals surface area contributed by atoms with Crippen LogP contribution in [-0.4, -0.2) is 40.5 Å². The molecule has 2 aromatic carbocycles. The van der Waals surface area contributed by atoms with E-state index in [2.05, 4.69) is 10.6 Å². The van der Waals surface area contributed by atoms with E-state index in [0.29, 0.717) is 0 Å². The lowest BCUT2D eigenvalue weighted by atomic mass is 9.97. The van der Waals surface area contributed by atoms with Gasteiger partial charge in [-0.15, -0.1) is 0 Å². The van der Waals surface area contributed by atoms with Crippen LogP contribution in [-0.2, 0) is 14.3 Å². The number of rotatable bonds is 8. The van der Waals surface area contributed by atoms with Crippen LogP contribution in [0.5, 0.6) is 0 Å². The quantitative estimate of drug-likeness (QED) is 0.470. The number of alkyl carbamates (subject to hydrolysis) is 1. The van der Waals surface area contributed by atoms with Crippen LogP contribution in [0, 0.1) is 26.7 Å². The van der Waals surface area contributed by atoms with E-state index in [4.69, 9.17) is 4.74 Å². The molecule has 1 aliphatic rings. The van der Waals surface area contributed by atoms with Crippen LogP contribution in [0.15, 0.2) is 42.5 Å². The van der Waals surface area contributed by atoms with Gasteiger partial charge in [0.25, 0.3) is 5.91 Å². The number of aryl methyl sites for hydroxylation is 3. The molecular formula is C30H41N3O4. The molecule has 2 N–H and O–H groups in total.